The van der Waals surface area contributed by atoms with Gasteiger partial charge in [-0.15, -0.1) is 0 Å². The molecule has 2 aliphatic heterocycles. The van der Waals surface area contributed by atoms with Crippen molar-refractivity contribution in [2.45, 2.75) is 57.0 Å². The minimum atomic E-state index is -0.645. The molecule has 32 heavy (non-hydrogen) atoms. The average Bonchev–Trinajstić information content (AvgIpc) is 3.42. The topological polar surface area (TPSA) is 101 Å². The summed E-state index contributed by atoms with van der Waals surface area (Å²) in [6.45, 7) is 2.73. The number of carbonyl (C=O) groups is 3. The van der Waals surface area contributed by atoms with E-state index in [0.717, 1.165) is 25.7 Å². The number of rotatable bonds is 7. The number of fused-ring (bicyclic) bond motifs is 1. The van der Waals surface area contributed by atoms with Gasteiger partial charge < -0.3 is 23.7 Å². The Labute approximate surface area is 188 Å². The van der Waals surface area contributed by atoms with Gasteiger partial charge in [-0.05, 0) is 19.3 Å². The number of hydrogen-bond donors (Lipinski definition) is 0. The zero-order valence-corrected chi connectivity index (χ0v) is 18.6. The lowest BCUT2D eigenvalue weighted by Crippen LogP contribution is -2.46. The second-order valence-corrected chi connectivity index (χ2v) is 9.80. The summed E-state index contributed by atoms with van der Waals surface area (Å²) in [5, 5.41) is 0. The van der Waals surface area contributed by atoms with Crippen LogP contribution in [-0.4, -0.2) is 81.3 Å². The molecule has 0 spiro atoms. The van der Waals surface area contributed by atoms with Crippen LogP contribution < -0.4 is 0 Å². The van der Waals surface area contributed by atoms with E-state index in [9.17, 15) is 14.4 Å². The van der Waals surface area contributed by atoms with Gasteiger partial charge in [-0.2, -0.15) is 0 Å². The maximum Gasteiger partial charge on any atom is 0.320 e. The van der Waals surface area contributed by atoms with Crippen LogP contribution in [0.4, 0.5) is 0 Å². The van der Waals surface area contributed by atoms with Crippen LogP contribution in [0.2, 0.25) is 0 Å². The first kappa shape index (κ1) is 22.1. The fourth-order valence-electron chi connectivity index (χ4n) is 6.54. The van der Waals surface area contributed by atoms with Crippen molar-refractivity contribution in [2.24, 2.45) is 29.6 Å². The molecule has 5 rings (SSSR count). The maximum atomic E-state index is 13.3. The van der Waals surface area contributed by atoms with Crippen molar-refractivity contribution < 1.29 is 38.1 Å². The predicted octanol–water partition coefficient (Wildman–Crippen LogP) is 1.13. The van der Waals surface area contributed by atoms with Gasteiger partial charge in [-0.3, -0.25) is 19.3 Å². The van der Waals surface area contributed by atoms with E-state index in [4.69, 9.17) is 23.7 Å². The Balaban J connectivity index is 1.25. The normalized spacial score (nSPS) is 37.8. The summed E-state index contributed by atoms with van der Waals surface area (Å²) in [7, 11) is 1.56. The standard InChI is InChI=1S/C23H33NO8/c1-28-23(13-5-3-2-4-6-13)32-22(27)18-14-11-15-17(18)21(26)31-20(15)19(14)30-16(25)12-24-7-9-29-10-8-24/h13-15,17-20,23H,2-12H2,1H3. The first-order valence-electron chi connectivity index (χ1n) is 12.0. The maximum absolute atomic E-state index is 13.3. The van der Waals surface area contributed by atoms with Gasteiger partial charge in [0.15, 0.2) is 0 Å². The summed E-state index contributed by atoms with van der Waals surface area (Å²) in [6, 6.07) is 0. The number of hydrogen-bond acceptors (Lipinski definition) is 9. The summed E-state index contributed by atoms with van der Waals surface area (Å²) in [5.74, 6) is -2.47. The highest BCUT2D eigenvalue weighted by molar-refractivity contribution is 5.86. The van der Waals surface area contributed by atoms with Crippen LogP contribution in [0.3, 0.4) is 0 Å². The molecule has 0 N–H and O–H groups in total. The zero-order valence-electron chi connectivity index (χ0n) is 18.6. The van der Waals surface area contributed by atoms with Crippen molar-refractivity contribution >= 4 is 17.9 Å². The molecule has 9 heteroatoms. The van der Waals surface area contributed by atoms with Gasteiger partial charge in [0.05, 0.1) is 31.6 Å². The molecule has 5 fully saturated rings. The Bertz CT molecular complexity index is 732. The number of methoxy groups -OCH3 is 1. The molecule has 2 saturated heterocycles. The van der Waals surface area contributed by atoms with Crippen molar-refractivity contribution in [2.75, 3.05) is 40.0 Å². The van der Waals surface area contributed by atoms with E-state index >= 15 is 0 Å². The van der Waals surface area contributed by atoms with Gasteiger partial charge in [-0.25, -0.2) is 0 Å². The first-order chi connectivity index (χ1) is 15.6. The second kappa shape index (κ2) is 9.27. The molecule has 5 aliphatic rings. The number of morpholine rings is 1. The molecule has 3 saturated carbocycles. The molecule has 0 amide bonds. The zero-order chi connectivity index (χ0) is 22.2. The van der Waals surface area contributed by atoms with Crippen molar-refractivity contribution in [1.29, 1.82) is 0 Å². The lowest BCUT2D eigenvalue weighted by molar-refractivity contribution is -0.197. The fourth-order valence-corrected chi connectivity index (χ4v) is 6.54. The van der Waals surface area contributed by atoms with Crippen LogP contribution in [0.1, 0.15) is 38.5 Å². The van der Waals surface area contributed by atoms with Gasteiger partial charge in [0, 0.05) is 38.0 Å². The SMILES string of the molecule is COC(OC(=O)C1C2CC3C(OC(=O)C31)C2OC(=O)CN1CCOCC1)C1CCCCC1. The van der Waals surface area contributed by atoms with Crippen LogP contribution in [0.15, 0.2) is 0 Å². The van der Waals surface area contributed by atoms with Gasteiger partial charge in [0.2, 0.25) is 6.29 Å². The van der Waals surface area contributed by atoms with E-state index in [1.54, 1.807) is 7.11 Å². The van der Waals surface area contributed by atoms with Crippen LogP contribution in [-0.2, 0) is 38.1 Å². The highest BCUT2D eigenvalue weighted by Crippen LogP contribution is 2.59. The second-order valence-electron chi connectivity index (χ2n) is 9.80. The molecular formula is C23H33NO8. The molecule has 0 aromatic heterocycles. The van der Waals surface area contributed by atoms with E-state index in [-0.39, 0.29) is 36.2 Å². The highest BCUT2D eigenvalue weighted by atomic mass is 16.7. The molecule has 0 aromatic rings. The molecule has 0 aromatic carbocycles. The first-order valence-corrected chi connectivity index (χ1v) is 12.0. The Morgan fingerprint density at radius 3 is 2.59 bits per heavy atom. The fraction of sp³-hybridized carbons (Fsp3) is 0.870. The molecule has 7 atom stereocenters. The highest BCUT2D eigenvalue weighted by Gasteiger charge is 2.70. The van der Waals surface area contributed by atoms with E-state index in [1.165, 1.54) is 6.42 Å². The minimum absolute atomic E-state index is 0.0955. The smallest absolute Gasteiger partial charge is 0.320 e. The van der Waals surface area contributed by atoms with Gasteiger partial charge in [-0.1, -0.05) is 19.3 Å². The van der Waals surface area contributed by atoms with Gasteiger partial charge in [0.1, 0.15) is 12.2 Å². The third-order valence-electron chi connectivity index (χ3n) is 8.04. The number of esters is 3. The Morgan fingerprint density at radius 2 is 1.88 bits per heavy atom. The Morgan fingerprint density at radius 1 is 1.12 bits per heavy atom. The quantitative estimate of drug-likeness (QED) is 0.320. The van der Waals surface area contributed by atoms with Gasteiger partial charge in [0.25, 0.3) is 0 Å². The molecule has 2 heterocycles. The Kier molecular flexibility index (Phi) is 6.40. The van der Waals surface area contributed by atoms with E-state index in [1.807, 2.05) is 4.90 Å². The van der Waals surface area contributed by atoms with Crippen molar-refractivity contribution in [3.8, 4) is 0 Å². The summed E-state index contributed by atoms with van der Waals surface area (Å²) in [5.41, 5.74) is 0. The molecule has 3 aliphatic carbocycles. The van der Waals surface area contributed by atoms with Gasteiger partial charge >= 0.3 is 17.9 Å². The average molecular weight is 452 g/mol. The summed E-state index contributed by atoms with van der Waals surface area (Å²) in [4.78, 5) is 40.5. The molecule has 7 unspecified atom stereocenters. The number of ether oxygens (including phenoxy) is 5. The summed E-state index contributed by atoms with van der Waals surface area (Å²) in [6.07, 6.45) is 4.34. The molecule has 178 valence electrons. The van der Waals surface area contributed by atoms with Crippen LogP contribution in [0.25, 0.3) is 0 Å². The number of nitrogens with zero attached hydrogens (tertiary/aromatic N) is 1. The molecule has 2 bridgehead atoms. The summed E-state index contributed by atoms with van der Waals surface area (Å²) < 4.78 is 28.1. The molecular weight excluding hydrogens is 418 g/mol. The van der Waals surface area contributed by atoms with Crippen molar-refractivity contribution in [3.05, 3.63) is 0 Å². The third kappa shape index (κ3) is 4.03. The van der Waals surface area contributed by atoms with E-state index in [0.29, 0.717) is 32.7 Å². The van der Waals surface area contributed by atoms with E-state index < -0.39 is 36.3 Å². The van der Waals surface area contributed by atoms with Crippen LogP contribution in [0, 0.1) is 29.6 Å². The monoisotopic (exact) mass is 451 g/mol. The summed E-state index contributed by atoms with van der Waals surface area (Å²) >= 11 is 0. The predicted molar refractivity (Wildman–Crippen MR) is 109 cm³/mol. The van der Waals surface area contributed by atoms with Crippen LogP contribution >= 0.6 is 0 Å². The molecule has 9 nitrogen and oxygen atoms in total. The lowest BCUT2D eigenvalue weighted by Gasteiger charge is -2.33. The third-order valence-corrected chi connectivity index (χ3v) is 8.04. The van der Waals surface area contributed by atoms with Crippen LogP contribution in [0.5, 0.6) is 0 Å². The Hall–Kier alpha value is -1.71. The molecule has 0 radical (unpaired) electrons. The van der Waals surface area contributed by atoms with Crippen molar-refractivity contribution in [1.82, 2.24) is 4.90 Å². The largest absolute Gasteiger partial charge is 0.458 e. The minimum Gasteiger partial charge on any atom is -0.458 e. The van der Waals surface area contributed by atoms with E-state index in [2.05, 4.69) is 0 Å². The van der Waals surface area contributed by atoms with Crippen molar-refractivity contribution in [3.63, 3.8) is 0 Å². The lowest BCUT2D eigenvalue weighted by atomic mass is 9.78. The number of carbonyl (C=O) groups excluding carboxylic acids is 3.